The fraction of sp³-hybridized carbons (Fsp3) is 0.400. The largest absolute Gasteiger partial charge is 0.478 e. The highest BCUT2D eigenvalue weighted by Crippen LogP contribution is 2.29. The van der Waals surface area contributed by atoms with E-state index in [1.165, 1.54) is 12.5 Å². The van der Waals surface area contributed by atoms with E-state index in [0.29, 0.717) is 10.3 Å². The van der Waals surface area contributed by atoms with Crippen molar-refractivity contribution in [1.82, 2.24) is 0 Å². The molecule has 5 heteroatoms. The fourth-order valence-corrected chi connectivity index (χ4v) is 3.63. The van der Waals surface area contributed by atoms with Gasteiger partial charge in [0, 0.05) is 40.9 Å². The first-order valence-electron chi connectivity index (χ1n) is 6.67. The number of hydrogen-bond acceptors (Lipinski definition) is 3. The van der Waals surface area contributed by atoms with E-state index < -0.39 is 5.97 Å². The van der Waals surface area contributed by atoms with E-state index >= 15 is 0 Å². The number of nitrogens with zero attached hydrogens (tertiary/aromatic N) is 1. The Morgan fingerprint density at radius 2 is 2.40 bits per heavy atom. The summed E-state index contributed by atoms with van der Waals surface area (Å²) < 4.78 is 0. The minimum Gasteiger partial charge on any atom is -0.478 e. The number of rotatable bonds is 4. The summed E-state index contributed by atoms with van der Waals surface area (Å²) in [7, 11) is 0. The van der Waals surface area contributed by atoms with Crippen molar-refractivity contribution >= 4 is 41.1 Å². The second kappa shape index (κ2) is 7.04. The monoisotopic (exact) mass is 311 g/mol. The third kappa shape index (κ3) is 3.93. The standard InChI is InChI=1S/C15H18ClNO2S/c1-2-13-10-17(7-8-20-13)12-5-3-11(14(16)9-12)4-6-15(18)19/h3-6,9,13H,2,7-8,10H2,1H3,(H,18,19)/b6-4+. The first-order valence-corrected chi connectivity index (χ1v) is 8.10. The molecular weight excluding hydrogens is 294 g/mol. The molecule has 0 spiro atoms. The molecule has 1 aliphatic rings. The summed E-state index contributed by atoms with van der Waals surface area (Å²) in [6.45, 7) is 4.29. The number of halogens is 1. The van der Waals surface area contributed by atoms with Gasteiger partial charge in [0.15, 0.2) is 0 Å². The van der Waals surface area contributed by atoms with Crippen LogP contribution in [0.2, 0.25) is 5.02 Å². The molecule has 0 aliphatic carbocycles. The lowest BCUT2D eigenvalue weighted by atomic mass is 10.1. The summed E-state index contributed by atoms with van der Waals surface area (Å²) in [5.74, 6) is 0.167. The Morgan fingerprint density at radius 1 is 1.60 bits per heavy atom. The number of hydrogen-bond donors (Lipinski definition) is 1. The number of carboxylic acids is 1. The van der Waals surface area contributed by atoms with Crippen molar-refractivity contribution in [3.63, 3.8) is 0 Å². The molecule has 1 atom stereocenters. The van der Waals surface area contributed by atoms with E-state index in [2.05, 4.69) is 11.8 Å². The van der Waals surface area contributed by atoms with E-state index in [4.69, 9.17) is 16.7 Å². The zero-order valence-corrected chi connectivity index (χ0v) is 13.0. The van der Waals surface area contributed by atoms with Crippen LogP contribution >= 0.6 is 23.4 Å². The maximum absolute atomic E-state index is 10.5. The molecule has 1 saturated heterocycles. The third-order valence-electron chi connectivity index (χ3n) is 3.35. The first-order chi connectivity index (χ1) is 9.60. The summed E-state index contributed by atoms with van der Waals surface area (Å²) in [6, 6.07) is 5.81. The number of carboxylic acid groups (broad SMARTS) is 1. The van der Waals surface area contributed by atoms with Gasteiger partial charge in [0.25, 0.3) is 0 Å². The van der Waals surface area contributed by atoms with Crippen molar-refractivity contribution in [3.8, 4) is 0 Å². The second-order valence-electron chi connectivity index (χ2n) is 4.72. The highest BCUT2D eigenvalue weighted by atomic mass is 35.5. The van der Waals surface area contributed by atoms with Crippen LogP contribution in [0.3, 0.4) is 0 Å². The second-order valence-corrected chi connectivity index (χ2v) is 6.54. The molecule has 0 bridgehead atoms. The van der Waals surface area contributed by atoms with Crippen LogP contribution in [0.5, 0.6) is 0 Å². The molecule has 0 saturated carbocycles. The van der Waals surface area contributed by atoms with Crippen LogP contribution in [0.25, 0.3) is 6.08 Å². The molecule has 3 nitrogen and oxygen atoms in total. The molecule has 1 fully saturated rings. The Balaban J connectivity index is 2.14. The van der Waals surface area contributed by atoms with E-state index in [1.807, 2.05) is 30.0 Å². The number of thioether (sulfide) groups is 1. The van der Waals surface area contributed by atoms with Crippen molar-refractivity contribution in [1.29, 1.82) is 0 Å². The number of carbonyl (C=O) groups is 1. The molecule has 1 aromatic carbocycles. The SMILES string of the molecule is CCC1CN(c2ccc(/C=C/C(=O)O)c(Cl)c2)CCS1. The highest BCUT2D eigenvalue weighted by Gasteiger charge is 2.19. The molecule has 2 rings (SSSR count). The quantitative estimate of drug-likeness (QED) is 0.859. The minimum absolute atomic E-state index is 0.589. The van der Waals surface area contributed by atoms with Crippen LogP contribution < -0.4 is 4.90 Å². The summed E-state index contributed by atoms with van der Waals surface area (Å²) in [6.07, 6.45) is 3.80. The Labute approximate surface area is 128 Å². The fourth-order valence-electron chi connectivity index (χ4n) is 2.21. The Kier molecular flexibility index (Phi) is 5.38. The summed E-state index contributed by atoms with van der Waals surface area (Å²) in [5.41, 5.74) is 1.84. The maximum Gasteiger partial charge on any atom is 0.328 e. The van der Waals surface area contributed by atoms with Crippen molar-refractivity contribution in [3.05, 3.63) is 34.9 Å². The topological polar surface area (TPSA) is 40.5 Å². The average molecular weight is 312 g/mol. The molecule has 0 radical (unpaired) electrons. The van der Waals surface area contributed by atoms with Crippen LogP contribution in [0.1, 0.15) is 18.9 Å². The molecule has 1 heterocycles. The van der Waals surface area contributed by atoms with Gasteiger partial charge in [0.1, 0.15) is 0 Å². The lowest BCUT2D eigenvalue weighted by molar-refractivity contribution is -0.131. The van der Waals surface area contributed by atoms with Crippen LogP contribution in [0.4, 0.5) is 5.69 Å². The summed E-state index contributed by atoms with van der Waals surface area (Å²) in [5, 5.41) is 9.90. The van der Waals surface area contributed by atoms with Gasteiger partial charge in [-0.1, -0.05) is 24.6 Å². The molecule has 20 heavy (non-hydrogen) atoms. The van der Waals surface area contributed by atoms with Crippen molar-refractivity contribution < 1.29 is 9.90 Å². The molecule has 1 aliphatic heterocycles. The third-order valence-corrected chi connectivity index (χ3v) is 5.05. The zero-order chi connectivity index (χ0) is 14.5. The van der Waals surface area contributed by atoms with Gasteiger partial charge in [-0.25, -0.2) is 4.79 Å². The number of benzene rings is 1. The Hall–Kier alpha value is -1.13. The zero-order valence-electron chi connectivity index (χ0n) is 11.4. The lowest BCUT2D eigenvalue weighted by Gasteiger charge is -2.33. The van der Waals surface area contributed by atoms with Gasteiger partial charge < -0.3 is 10.0 Å². The molecule has 1 aromatic rings. The summed E-state index contributed by atoms with van der Waals surface area (Å²) in [4.78, 5) is 12.9. The molecule has 0 amide bonds. The molecular formula is C15H18ClNO2S. The van der Waals surface area contributed by atoms with Crippen LogP contribution in [0, 0.1) is 0 Å². The predicted octanol–water partition coefficient (Wildman–Crippen LogP) is 3.77. The van der Waals surface area contributed by atoms with Gasteiger partial charge in [-0.05, 0) is 30.2 Å². The van der Waals surface area contributed by atoms with Gasteiger partial charge in [-0.15, -0.1) is 0 Å². The first kappa shape index (κ1) is 15.3. The Morgan fingerprint density at radius 3 is 3.05 bits per heavy atom. The minimum atomic E-state index is -0.969. The van der Waals surface area contributed by atoms with E-state index in [0.717, 1.165) is 36.2 Å². The molecule has 108 valence electrons. The molecule has 1 N–H and O–H groups in total. The number of anilines is 1. The average Bonchev–Trinajstić information content (AvgIpc) is 2.46. The lowest BCUT2D eigenvalue weighted by Crippen LogP contribution is -2.37. The van der Waals surface area contributed by atoms with Gasteiger partial charge in [-0.2, -0.15) is 11.8 Å². The van der Waals surface area contributed by atoms with Gasteiger partial charge in [-0.3, -0.25) is 0 Å². The van der Waals surface area contributed by atoms with E-state index in [-0.39, 0.29) is 0 Å². The number of aliphatic carboxylic acids is 1. The predicted molar refractivity (Wildman–Crippen MR) is 86.9 cm³/mol. The van der Waals surface area contributed by atoms with E-state index in [1.54, 1.807) is 0 Å². The van der Waals surface area contributed by atoms with Gasteiger partial charge in [0.2, 0.25) is 0 Å². The summed E-state index contributed by atoms with van der Waals surface area (Å²) >= 11 is 8.26. The normalized spacial score (nSPS) is 19.5. The Bertz CT molecular complexity index is 519. The van der Waals surface area contributed by atoms with Crippen LogP contribution in [0.15, 0.2) is 24.3 Å². The smallest absolute Gasteiger partial charge is 0.328 e. The van der Waals surface area contributed by atoms with Gasteiger partial charge >= 0.3 is 5.97 Å². The van der Waals surface area contributed by atoms with E-state index in [9.17, 15) is 4.79 Å². The van der Waals surface area contributed by atoms with Crippen molar-refractivity contribution in [2.45, 2.75) is 18.6 Å². The van der Waals surface area contributed by atoms with Crippen LogP contribution in [-0.4, -0.2) is 35.2 Å². The van der Waals surface area contributed by atoms with Crippen LogP contribution in [-0.2, 0) is 4.79 Å². The highest BCUT2D eigenvalue weighted by molar-refractivity contribution is 8.00. The molecule has 1 unspecified atom stereocenters. The van der Waals surface area contributed by atoms with Crippen molar-refractivity contribution in [2.75, 3.05) is 23.7 Å². The molecule has 0 aromatic heterocycles. The van der Waals surface area contributed by atoms with Crippen molar-refractivity contribution in [2.24, 2.45) is 0 Å². The maximum atomic E-state index is 10.5. The van der Waals surface area contributed by atoms with Gasteiger partial charge in [0.05, 0.1) is 0 Å².